The Morgan fingerprint density at radius 3 is 2.58 bits per heavy atom. The van der Waals surface area contributed by atoms with Gasteiger partial charge < -0.3 is 0 Å². The fraction of sp³-hybridized carbons (Fsp3) is 0.294. The van der Waals surface area contributed by atoms with Crippen molar-refractivity contribution in [2.45, 2.75) is 18.3 Å². The van der Waals surface area contributed by atoms with Gasteiger partial charge in [0.15, 0.2) is 0 Å². The van der Waals surface area contributed by atoms with Crippen molar-refractivity contribution in [3.8, 4) is 0 Å². The molecule has 2 aromatic carbocycles. The van der Waals surface area contributed by atoms with Gasteiger partial charge in [-0.15, -0.1) is 0 Å². The molecule has 0 heterocycles. The predicted molar refractivity (Wildman–Crippen MR) is 85.3 cm³/mol. The smallest absolute Gasteiger partial charge is 0.0408 e. The Kier molecular flexibility index (Phi) is 3.95. The highest BCUT2D eigenvalue weighted by molar-refractivity contribution is 9.09. The van der Waals surface area contributed by atoms with Gasteiger partial charge in [0.25, 0.3) is 0 Å². The Hall–Kier alpha value is -0.790. The minimum absolute atomic E-state index is 0.559. The zero-order valence-electron chi connectivity index (χ0n) is 10.6. The summed E-state index contributed by atoms with van der Waals surface area (Å²) in [7, 11) is 0. The third-order valence-electron chi connectivity index (χ3n) is 4.03. The molecule has 0 spiro atoms. The van der Waals surface area contributed by atoms with E-state index in [-0.39, 0.29) is 0 Å². The fourth-order valence-corrected chi connectivity index (χ4v) is 3.98. The van der Waals surface area contributed by atoms with Gasteiger partial charge in [0.05, 0.1) is 0 Å². The Morgan fingerprint density at radius 2 is 1.89 bits per heavy atom. The number of rotatable bonds is 4. The van der Waals surface area contributed by atoms with E-state index in [0.29, 0.717) is 11.8 Å². The van der Waals surface area contributed by atoms with E-state index in [1.165, 1.54) is 17.5 Å². The van der Waals surface area contributed by atoms with E-state index in [4.69, 9.17) is 11.6 Å². The standard InChI is InChI=1S/C17H16BrCl/c18-11-17(13-7-4-8-14(19)9-13)16-10-15(16)12-5-2-1-3-6-12/h1-9,15-17H,10-11H2. The summed E-state index contributed by atoms with van der Waals surface area (Å²) < 4.78 is 0. The quantitative estimate of drug-likeness (QED) is 0.636. The van der Waals surface area contributed by atoms with Crippen LogP contribution in [0.25, 0.3) is 0 Å². The van der Waals surface area contributed by atoms with Gasteiger partial charge >= 0.3 is 0 Å². The maximum absolute atomic E-state index is 6.11. The van der Waals surface area contributed by atoms with E-state index in [2.05, 4.69) is 58.4 Å². The zero-order valence-corrected chi connectivity index (χ0v) is 12.9. The monoisotopic (exact) mass is 334 g/mol. The molecule has 3 atom stereocenters. The van der Waals surface area contributed by atoms with Gasteiger partial charge in [-0.2, -0.15) is 0 Å². The Bertz CT molecular complexity index is 552. The van der Waals surface area contributed by atoms with Crippen LogP contribution in [0.1, 0.15) is 29.4 Å². The van der Waals surface area contributed by atoms with E-state index >= 15 is 0 Å². The van der Waals surface area contributed by atoms with Gasteiger partial charge in [-0.1, -0.05) is 70.0 Å². The van der Waals surface area contributed by atoms with Gasteiger partial charge in [-0.05, 0) is 47.4 Å². The lowest BCUT2D eigenvalue weighted by Crippen LogP contribution is -2.04. The van der Waals surface area contributed by atoms with Gasteiger partial charge in [0, 0.05) is 10.4 Å². The molecule has 0 N–H and O–H groups in total. The van der Waals surface area contributed by atoms with Crippen LogP contribution >= 0.6 is 27.5 Å². The Morgan fingerprint density at radius 1 is 1.11 bits per heavy atom. The third-order valence-corrected chi connectivity index (χ3v) is 4.96. The molecule has 0 aliphatic heterocycles. The van der Waals surface area contributed by atoms with E-state index in [1.54, 1.807) is 0 Å². The van der Waals surface area contributed by atoms with Crippen LogP contribution in [0.15, 0.2) is 54.6 Å². The summed E-state index contributed by atoms with van der Waals surface area (Å²) in [6.45, 7) is 0. The maximum atomic E-state index is 6.11. The number of hydrogen-bond acceptors (Lipinski definition) is 0. The highest BCUT2D eigenvalue weighted by Gasteiger charge is 2.43. The van der Waals surface area contributed by atoms with Gasteiger partial charge in [0.2, 0.25) is 0 Å². The highest BCUT2D eigenvalue weighted by Crippen LogP contribution is 2.55. The van der Waals surface area contributed by atoms with E-state index in [0.717, 1.165) is 16.3 Å². The molecule has 98 valence electrons. The fourth-order valence-electron chi connectivity index (χ4n) is 2.93. The van der Waals surface area contributed by atoms with Crippen molar-refractivity contribution in [2.75, 3.05) is 5.33 Å². The molecule has 1 aliphatic rings. The number of alkyl halides is 1. The Labute approximate surface area is 127 Å². The molecule has 0 bridgehead atoms. The first kappa shape index (κ1) is 13.2. The van der Waals surface area contributed by atoms with Gasteiger partial charge in [-0.25, -0.2) is 0 Å². The van der Waals surface area contributed by atoms with E-state index < -0.39 is 0 Å². The van der Waals surface area contributed by atoms with Gasteiger partial charge in [-0.3, -0.25) is 0 Å². The lowest BCUT2D eigenvalue weighted by atomic mass is 9.93. The average Bonchev–Trinajstić information content (AvgIpc) is 3.21. The van der Waals surface area contributed by atoms with Crippen LogP contribution in [-0.4, -0.2) is 5.33 Å². The van der Waals surface area contributed by atoms with Crippen molar-refractivity contribution in [1.82, 2.24) is 0 Å². The summed E-state index contributed by atoms with van der Waals surface area (Å²) >= 11 is 9.78. The zero-order chi connectivity index (χ0) is 13.2. The number of halogens is 2. The first-order valence-electron chi connectivity index (χ1n) is 6.66. The summed E-state index contributed by atoms with van der Waals surface area (Å²) in [6, 6.07) is 19.1. The van der Waals surface area contributed by atoms with Crippen LogP contribution in [0.4, 0.5) is 0 Å². The summed E-state index contributed by atoms with van der Waals surface area (Å²) in [5, 5.41) is 1.83. The largest absolute Gasteiger partial charge is 0.0921 e. The van der Waals surface area contributed by atoms with Crippen LogP contribution in [0.2, 0.25) is 5.02 Å². The minimum atomic E-state index is 0.559. The van der Waals surface area contributed by atoms with Crippen molar-refractivity contribution in [3.63, 3.8) is 0 Å². The first-order valence-corrected chi connectivity index (χ1v) is 8.16. The molecule has 19 heavy (non-hydrogen) atoms. The van der Waals surface area contributed by atoms with Crippen LogP contribution < -0.4 is 0 Å². The summed E-state index contributed by atoms with van der Waals surface area (Å²) in [6.07, 6.45) is 1.28. The number of hydrogen-bond donors (Lipinski definition) is 0. The molecule has 2 aromatic rings. The van der Waals surface area contributed by atoms with E-state index in [1.807, 2.05) is 12.1 Å². The molecular formula is C17H16BrCl. The number of benzene rings is 2. The molecule has 0 nitrogen and oxygen atoms in total. The second kappa shape index (κ2) is 5.68. The topological polar surface area (TPSA) is 0 Å². The molecular weight excluding hydrogens is 320 g/mol. The maximum Gasteiger partial charge on any atom is 0.0408 e. The third kappa shape index (κ3) is 2.88. The highest BCUT2D eigenvalue weighted by atomic mass is 79.9. The molecule has 3 rings (SSSR count). The second-order valence-corrected chi connectivity index (χ2v) is 6.32. The molecule has 1 saturated carbocycles. The molecule has 0 radical (unpaired) electrons. The van der Waals surface area contributed by atoms with Gasteiger partial charge in [0.1, 0.15) is 0 Å². The SMILES string of the molecule is Clc1cccc(C(CBr)C2CC2c2ccccc2)c1. The van der Waals surface area contributed by atoms with E-state index in [9.17, 15) is 0 Å². The molecule has 2 heteroatoms. The molecule has 0 saturated heterocycles. The van der Waals surface area contributed by atoms with Crippen molar-refractivity contribution < 1.29 is 0 Å². The Balaban J connectivity index is 1.79. The van der Waals surface area contributed by atoms with Crippen molar-refractivity contribution in [3.05, 3.63) is 70.7 Å². The normalized spacial score (nSPS) is 23.1. The second-order valence-electron chi connectivity index (χ2n) is 5.23. The van der Waals surface area contributed by atoms with Crippen LogP contribution in [0, 0.1) is 5.92 Å². The van der Waals surface area contributed by atoms with Crippen LogP contribution in [0.5, 0.6) is 0 Å². The molecule has 0 aromatic heterocycles. The van der Waals surface area contributed by atoms with Crippen LogP contribution in [0.3, 0.4) is 0 Å². The summed E-state index contributed by atoms with van der Waals surface area (Å²) in [4.78, 5) is 0. The lowest BCUT2D eigenvalue weighted by Gasteiger charge is -2.15. The molecule has 0 amide bonds. The minimum Gasteiger partial charge on any atom is -0.0921 e. The van der Waals surface area contributed by atoms with Crippen molar-refractivity contribution in [2.24, 2.45) is 5.92 Å². The lowest BCUT2D eigenvalue weighted by molar-refractivity contribution is 0.656. The molecule has 1 aliphatic carbocycles. The van der Waals surface area contributed by atoms with Crippen molar-refractivity contribution in [1.29, 1.82) is 0 Å². The summed E-state index contributed by atoms with van der Waals surface area (Å²) in [5.74, 6) is 2.01. The molecule has 1 fully saturated rings. The predicted octanol–water partition coefficient (Wildman–Crippen LogP) is 5.62. The average molecular weight is 336 g/mol. The first-order chi connectivity index (χ1) is 9.29. The van der Waals surface area contributed by atoms with Crippen molar-refractivity contribution >= 4 is 27.5 Å². The molecule has 3 unspecified atom stereocenters. The van der Waals surface area contributed by atoms with Crippen LogP contribution in [-0.2, 0) is 0 Å². The summed E-state index contributed by atoms with van der Waals surface area (Å²) in [5.41, 5.74) is 2.83.